The molecule has 1 N–H and O–H groups in total. The smallest absolute Gasteiger partial charge is 0.123 e. The zero-order valence-corrected chi connectivity index (χ0v) is 10.7. The number of hydrogen-bond acceptors (Lipinski definition) is 0. The first-order valence-electron chi connectivity index (χ1n) is 6.73. The molecule has 2 heteroatoms. The summed E-state index contributed by atoms with van der Waals surface area (Å²) < 4.78 is 2.21. The van der Waals surface area contributed by atoms with Gasteiger partial charge >= 0.3 is 0 Å². The van der Waals surface area contributed by atoms with Crippen molar-refractivity contribution in [1.29, 1.82) is 0 Å². The molecule has 93 valence electrons. The molecule has 1 radical (unpaired) electrons. The van der Waals surface area contributed by atoms with Crippen LogP contribution in [-0.2, 0) is 0 Å². The highest BCUT2D eigenvalue weighted by Gasteiger charge is 2.09. The van der Waals surface area contributed by atoms with E-state index in [2.05, 4.69) is 70.2 Å². The van der Waals surface area contributed by atoms with Gasteiger partial charge in [-0.1, -0.05) is 48.5 Å². The number of benzene rings is 3. The van der Waals surface area contributed by atoms with E-state index in [1.54, 1.807) is 0 Å². The van der Waals surface area contributed by atoms with Gasteiger partial charge in [-0.2, -0.15) is 0 Å². The number of aromatic nitrogens is 2. The maximum absolute atomic E-state index is 3.57. The number of fused-ring (bicyclic) bond motifs is 4. The molecule has 2 aromatic heterocycles. The molecule has 0 saturated carbocycles. The van der Waals surface area contributed by atoms with Gasteiger partial charge in [0.05, 0.1) is 5.52 Å². The van der Waals surface area contributed by atoms with Gasteiger partial charge in [0.1, 0.15) is 5.65 Å². The summed E-state index contributed by atoms with van der Waals surface area (Å²) in [6.45, 7) is 0. The number of nitrogens with zero attached hydrogens (tertiary/aromatic N) is 1. The van der Waals surface area contributed by atoms with Gasteiger partial charge in [-0.05, 0) is 11.5 Å². The second-order valence-electron chi connectivity index (χ2n) is 5.16. The third-order valence-electron chi connectivity index (χ3n) is 4.04. The highest BCUT2D eigenvalue weighted by Crippen LogP contribution is 2.29. The van der Waals surface area contributed by atoms with E-state index in [0.29, 0.717) is 0 Å². The number of H-pyrrole nitrogens is 1. The quantitative estimate of drug-likeness (QED) is 0.419. The predicted octanol–water partition coefficient (Wildman–Crippen LogP) is 4.53. The van der Waals surface area contributed by atoms with Gasteiger partial charge in [-0.25, -0.2) is 0 Å². The summed E-state index contributed by atoms with van der Waals surface area (Å²) in [6, 6.07) is 22.3. The van der Waals surface area contributed by atoms with Gasteiger partial charge in [0.15, 0.2) is 0 Å². The van der Waals surface area contributed by atoms with Gasteiger partial charge in [0.25, 0.3) is 0 Å². The molecule has 0 aliphatic heterocycles. The number of aromatic amines is 1. The maximum atomic E-state index is 3.57. The van der Waals surface area contributed by atoms with Gasteiger partial charge in [-0.3, -0.25) is 0 Å². The Morgan fingerprint density at radius 1 is 0.900 bits per heavy atom. The molecule has 0 aliphatic carbocycles. The third-order valence-corrected chi connectivity index (χ3v) is 4.04. The number of rotatable bonds is 0. The molecule has 0 aliphatic rings. The number of hydrogen-bond donors (Lipinski definition) is 1. The van der Waals surface area contributed by atoms with Crippen LogP contribution in [0.5, 0.6) is 0 Å². The van der Waals surface area contributed by atoms with Gasteiger partial charge in [0.2, 0.25) is 0 Å². The Labute approximate surface area is 115 Å². The Kier molecular flexibility index (Phi) is 1.73. The first-order chi connectivity index (χ1) is 9.92. The first kappa shape index (κ1) is 10.1. The van der Waals surface area contributed by atoms with Crippen molar-refractivity contribution in [2.75, 3.05) is 0 Å². The molecule has 0 amide bonds. The van der Waals surface area contributed by atoms with Crippen LogP contribution in [0.15, 0.2) is 60.8 Å². The summed E-state index contributed by atoms with van der Waals surface area (Å²) in [5.41, 5.74) is 3.41. The average molecular weight is 255 g/mol. The lowest BCUT2D eigenvalue weighted by molar-refractivity contribution is 1.22. The third kappa shape index (κ3) is 1.14. The molecule has 0 fully saturated rings. The predicted molar refractivity (Wildman–Crippen MR) is 83.1 cm³/mol. The molecule has 5 aromatic rings. The molecular weight excluding hydrogens is 244 g/mol. The minimum Gasteiger partial charge on any atom is -0.340 e. The fourth-order valence-electron chi connectivity index (χ4n) is 3.14. The second-order valence-corrected chi connectivity index (χ2v) is 5.16. The molecule has 2 nitrogen and oxygen atoms in total. The van der Waals surface area contributed by atoms with Crippen LogP contribution in [0.1, 0.15) is 0 Å². The Morgan fingerprint density at radius 2 is 1.80 bits per heavy atom. The zero-order chi connectivity index (χ0) is 13.1. The molecule has 5 rings (SSSR count). The highest BCUT2D eigenvalue weighted by atomic mass is 15.0. The summed E-state index contributed by atoms with van der Waals surface area (Å²) in [5.74, 6) is 0. The van der Waals surface area contributed by atoms with Crippen LogP contribution in [0.3, 0.4) is 0 Å². The van der Waals surface area contributed by atoms with E-state index in [0.717, 1.165) is 16.7 Å². The van der Waals surface area contributed by atoms with Crippen molar-refractivity contribution < 1.29 is 0 Å². The highest BCUT2D eigenvalue weighted by molar-refractivity contribution is 6.10. The summed E-state index contributed by atoms with van der Waals surface area (Å²) >= 11 is 0. The van der Waals surface area contributed by atoms with E-state index >= 15 is 0 Å². The van der Waals surface area contributed by atoms with E-state index in [9.17, 15) is 0 Å². The van der Waals surface area contributed by atoms with Crippen LogP contribution in [-0.4, -0.2) is 9.38 Å². The average Bonchev–Trinajstić information content (AvgIpc) is 2.87. The Balaban J connectivity index is 2.20. The zero-order valence-electron chi connectivity index (χ0n) is 10.7. The van der Waals surface area contributed by atoms with E-state index in [4.69, 9.17) is 0 Å². The van der Waals surface area contributed by atoms with Crippen molar-refractivity contribution in [3.05, 3.63) is 66.9 Å². The van der Waals surface area contributed by atoms with E-state index in [1.165, 1.54) is 21.5 Å². The van der Waals surface area contributed by atoms with Crippen LogP contribution in [0.2, 0.25) is 0 Å². The fraction of sp³-hybridized carbons (Fsp3) is 0. The normalized spacial score (nSPS) is 12.0. The Bertz CT molecular complexity index is 1090. The first-order valence-corrected chi connectivity index (χ1v) is 6.73. The topological polar surface area (TPSA) is 20.2 Å². The van der Waals surface area contributed by atoms with Gasteiger partial charge in [-0.15, -0.1) is 0 Å². The van der Waals surface area contributed by atoms with E-state index in [1.807, 2.05) is 6.07 Å². The maximum Gasteiger partial charge on any atom is 0.123 e. The lowest BCUT2D eigenvalue weighted by atomic mass is 10.1. The Hall–Kier alpha value is -2.74. The SMILES string of the molecule is [c]1ccc2cccc3[nH]c4c5ccccc5cn4c1c23. The molecule has 0 spiro atoms. The fourth-order valence-corrected chi connectivity index (χ4v) is 3.14. The van der Waals surface area contributed by atoms with E-state index < -0.39 is 0 Å². The van der Waals surface area contributed by atoms with Crippen LogP contribution in [0.25, 0.3) is 38.2 Å². The molecule has 20 heavy (non-hydrogen) atoms. The van der Waals surface area contributed by atoms with Crippen molar-refractivity contribution in [3.63, 3.8) is 0 Å². The van der Waals surface area contributed by atoms with Crippen molar-refractivity contribution in [2.24, 2.45) is 0 Å². The van der Waals surface area contributed by atoms with Gasteiger partial charge < -0.3 is 9.38 Å². The van der Waals surface area contributed by atoms with E-state index in [-0.39, 0.29) is 0 Å². The van der Waals surface area contributed by atoms with Crippen LogP contribution in [0.4, 0.5) is 0 Å². The Morgan fingerprint density at radius 3 is 2.80 bits per heavy atom. The van der Waals surface area contributed by atoms with Crippen molar-refractivity contribution in [1.82, 2.24) is 9.38 Å². The monoisotopic (exact) mass is 255 g/mol. The largest absolute Gasteiger partial charge is 0.340 e. The van der Waals surface area contributed by atoms with Gasteiger partial charge in [0, 0.05) is 33.9 Å². The molecule has 0 atom stereocenters. The molecule has 0 saturated heterocycles. The summed E-state index contributed by atoms with van der Waals surface area (Å²) in [4.78, 5) is 3.57. The lowest BCUT2D eigenvalue weighted by Gasteiger charge is -2.08. The molecule has 0 unspecified atom stereocenters. The lowest BCUT2D eigenvalue weighted by Crippen LogP contribution is -1.92. The summed E-state index contributed by atoms with van der Waals surface area (Å²) in [7, 11) is 0. The molecule has 3 aromatic carbocycles. The summed E-state index contributed by atoms with van der Waals surface area (Å²) in [6.07, 6.45) is 2.18. The molecular formula is C18H11N2. The minimum absolute atomic E-state index is 1.13. The van der Waals surface area contributed by atoms with Crippen LogP contribution < -0.4 is 0 Å². The van der Waals surface area contributed by atoms with Crippen molar-refractivity contribution in [3.8, 4) is 0 Å². The van der Waals surface area contributed by atoms with Crippen molar-refractivity contribution >= 4 is 38.2 Å². The van der Waals surface area contributed by atoms with Crippen molar-refractivity contribution in [2.45, 2.75) is 0 Å². The minimum atomic E-state index is 1.13. The second kappa shape index (κ2) is 3.42. The molecule has 0 bridgehead atoms. The summed E-state index contributed by atoms with van der Waals surface area (Å²) in [5, 5.41) is 4.97. The van der Waals surface area contributed by atoms with Crippen LogP contribution >= 0.6 is 0 Å². The van der Waals surface area contributed by atoms with Crippen LogP contribution in [0, 0.1) is 6.07 Å². The molecule has 2 heterocycles. The number of nitrogens with one attached hydrogen (secondary N) is 1. The standard InChI is InChI=1S/C18H11N2/c1-2-8-14-13(5-1)11-20-16-10-4-7-12-6-3-9-15(17(12)16)19-18(14)20/h1-9,11,19H.